The molecule has 72 valence electrons. The summed E-state index contributed by atoms with van der Waals surface area (Å²) in [7, 11) is 0. The molecule has 5 heteroatoms. The van der Waals surface area contributed by atoms with Gasteiger partial charge in [0, 0.05) is 5.56 Å². The SMILES string of the molecule is OC(c1cccc(F)c1Cl)C(F)F. The molecule has 1 nitrogen and oxygen atoms in total. The fourth-order valence-electron chi connectivity index (χ4n) is 0.885. The van der Waals surface area contributed by atoms with E-state index in [1.54, 1.807) is 0 Å². The van der Waals surface area contributed by atoms with E-state index in [-0.39, 0.29) is 5.56 Å². The van der Waals surface area contributed by atoms with Crippen LogP contribution in [0, 0.1) is 5.82 Å². The number of benzene rings is 1. The molecule has 13 heavy (non-hydrogen) atoms. The van der Waals surface area contributed by atoms with Crippen molar-refractivity contribution in [2.75, 3.05) is 0 Å². The number of alkyl halides is 2. The second kappa shape index (κ2) is 3.98. The summed E-state index contributed by atoms with van der Waals surface area (Å²) >= 11 is 5.36. The third kappa shape index (κ3) is 2.14. The second-order valence-electron chi connectivity index (χ2n) is 2.42. The van der Waals surface area contributed by atoms with Gasteiger partial charge in [-0.05, 0) is 6.07 Å². The van der Waals surface area contributed by atoms with Crippen molar-refractivity contribution in [1.82, 2.24) is 0 Å². The largest absolute Gasteiger partial charge is 0.382 e. The third-order valence-corrected chi connectivity index (χ3v) is 1.94. The summed E-state index contributed by atoms with van der Waals surface area (Å²) in [5.74, 6) is -0.820. The Morgan fingerprint density at radius 2 is 1.92 bits per heavy atom. The van der Waals surface area contributed by atoms with Gasteiger partial charge in [0.05, 0.1) is 5.02 Å². The Kier molecular flexibility index (Phi) is 3.17. The Balaban J connectivity index is 3.07. The molecule has 1 unspecified atom stereocenters. The van der Waals surface area contributed by atoms with Crippen molar-refractivity contribution in [2.45, 2.75) is 12.5 Å². The summed E-state index contributed by atoms with van der Waals surface area (Å²) in [5, 5.41) is 8.44. The van der Waals surface area contributed by atoms with Crippen LogP contribution in [0.4, 0.5) is 13.2 Å². The first-order chi connectivity index (χ1) is 6.04. The van der Waals surface area contributed by atoms with E-state index in [2.05, 4.69) is 0 Å². The molecular weight excluding hydrogens is 205 g/mol. The summed E-state index contributed by atoms with van der Waals surface area (Å²) in [6, 6.07) is 3.40. The van der Waals surface area contributed by atoms with Crippen molar-refractivity contribution in [3.63, 3.8) is 0 Å². The van der Waals surface area contributed by atoms with Gasteiger partial charge >= 0.3 is 0 Å². The molecule has 1 N–H and O–H groups in total. The maximum Gasteiger partial charge on any atom is 0.268 e. The predicted octanol–water partition coefficient (Wildman–Crippen LogP) is 2.78. The molecule has 0 aliphatic carbocycles. The van der Waals surface area contributed by atoms with Crippen LogP contribution in [0.3, 0.4) is 0 Å². The first-order valence-corrected chi connectivity index (χ1v) is 3.82. The molecular formula is C8H6ClF3O. The van der Waals surface area contributed by atoms with Crippen molar-refractivity contribution in [3.05, 3.63) is 34.6 Å². The molecule has 0 saturated carbocycles. The van der Waals surface area contributed by atoms with Gasteiger partial charge < -0.3 is 5.11 Å². The molecule has 1 atom stereocenters. The van der Waals surface area contributed by atoms with Crippen LogP contribution in [0.25, 0.3) is 0 Å². The third-order valence-electron chi connectivity index (χ3n) is 1.54. The highest BCUT2D eigenvalue weighted by atomic mass is 35.5. The zero-order chi connectivity index (χ0) is 10.0. The predicted molar refractivity (Wildman–Crippen MR) is 42.4 cm³/mol. The minimum Gasteiger partial charge on any atom is -0.382 e. The van der Waals surface area contributed by atoms with Crippen molar-refractivity contribution in [1.29, 1.82) is 0 Å². The number of rotatable bonds is 2. The van der Waals surface area contributed by atoms with Gasteiger partial charge in [0.15, 0.2) is 0 Å². The fraction of sp³-hybridized carbons (Fsp3) is 0.250. The summed E-state index contributed by atoms with van der Waals surface area (Å²) in [5.41, 5.74) is -0.295. The Hall–Kier alpha value is -0.740. The molecule has 0 spiro atoms. The number of aliphatic hydroxyl groups is 1. The van der Waals surface area contributed by atoms with Gasteiger partial charge in [-0.3, -0.25) is 0 Å². The van der Waals surface area contributed by atoms with Crippen LogP contribution in [0.1, 0.15) is 11.7 Å². The zero-order valence-electron chi connectivity index (χ0n) is 6.35. The molecule has 0 fully saturated rings. The van der Waals surface area contributed by atoms with Gasteiger partial charge in [-0.15, -0.1) is 0 Å². The lowest BCUT2D eigenvalue weighted by Crippen LogP contribution is -2.08. The van der Waals surface area contributed by atoms with E-state index < -0.39 is 23.4 Å². The number of aliphatic hydroxyl groups excluding tert-OH is 1. The van der Waals surface area contributed by atoms with Crippen molar-refractivity contribution in [3.8, 4) is 0 Å². The first-order valence-electron chi connectivity index (χ1n) is 3.44. The summed E-state index contributed by atoms with van der Waals surface area (Å²) < 4.78 is 36.7. The van der Waals surface area contributed by atoms with Gasteiger partial charge in [-0.1, -0.05) is 23.7 Å². The molecule has 0 saturated heterocycles. The van der Waals surface area contributed by atoms with Crippen LogP contribution in [-0.4, -0.2) is 11.5 Å². The summed E-state index contributed by atoms with van der Waals surface area (Å²) in [6.45, 7) is 0. The number of hydrogen-bond donors (Lipinski definition) is 1. The molecule has 1 rings (SSSR count). The van der Waals surface area contributed by atoms with Crippen LogP contribution in [0.5, 0.6) is 0 Å². The van der Waals surface area contributed by atoms with Crippen molar-refractivity contribution >= 4 is 11.6 Å². The quantitative estimate of drug-likeness (QED) is 0.796. The van der Waals surface area contributed by atoms with Crippen LogP contribution in [0.15, 0.2) is 18.2 Å². The van der Waals surface area contributed by atoms with Gasteiger partial charge in [-0.25, -0.2) is 13.2 Å². The average Bonchev–Trinajstić information content (AvgIpc) is 2.08. The Morgan fingerprint density at radius 3 is 2.46 bits per heavy atom. The summed E-state index contributed by atoms with van der Waals surface area (Å²) in [4.78, 5) is 0. The van der Waals surface area contributed by atoms with E-state index in [1.165, 1.54) is 6.07 Å². The highest BCUT2D eigenvalue weighted by molar-refractivity contribution is 6.31. The van der Waals surface area contributed by atoms with Crippen molar-refractivity contribution in [2.24, 2.45) is 0 Å². The maximum absolute atomic E-state index is 12.7. The van der Waals surface area contributed by atoms with E-state index in [4.69, 9.17) is 16.7 Å². The molecule has 0 amide bonds. The fourth-order valence-corrected chi connectivity index (χ4v) is 1.12. The lowest BCUT2D eigenvalue weighted by atomic mass is 10.1. The number of hydrogen-bond acceptors (Lipinski definition) is 1. The normalized spacial score (nSPS) is 13.4. The van der Waals surface area contributed by atoms with Crippen LogP contribution >= 0.6 is 11.6 Å². The smallest absolute Gasteiger partial charge is 0.268 e. The van der Waals surface area contributed by atoms with E-state index >= 15 is 0 Å². The molecule has 0 aliphatic heterocycles. The second-order valence-corrected chi connectivity index (χ2v) is 2.80. The molecule has 0 heterocycles. The highest BCUT2D eigenvalue weighted by Gasteiger charge is 2.22. The van der Waals surface area contributed by atoms with Crippen LogP contribution < -0.4 is 0 Å². The topological polar surface area (TPSA) is 20.2 Å². The molecule has 0 bridgehead atoms. The molecule has 0 aromatic heterocycles. The first kappa shape index (κ1) is 10.3. The maximum atomic E-state index is 12.7. The van der Waals surface area contributed by atoms with Crippen molar-refractivity contribution < 1.29 is 18.3 Å². The summed E-state index contributed by atoms with van der Waals surface area (Å²) in [6.07, 6.45) is -5.01. The molecule has 0 aliphatic rings. The average molecular weight is 211 g/mol. The molecule has 1 aromatic carbocycles. The Bertz CT molecular complexity index is 303. The van der Waals surface area contributed by atoms with Crippen LogP contribution in [0.2, 0.25) is 5.02 Å². The van der Waals surface area contributed by atoms with Gasteiger partial charge in [0.25, 0.3) is 6.43 Å². The van der Waals surface area contributed by atoms with Gasteiger partial charge in [0.2, 0.25) is 0 Å². The van der Waals surface area contributed by atoms with E-state index in [0.29, 0.717) is 0 Å². The Morgan fingerprint density at radius 1 is 1.31 bits per heavy atom. The van der Waals surface area contributed by atoms with E-state index in [9.17, 15) is 13.2 Å². The minimum atomic E-state index is -2.97. The molecule has 0 radical (unpaired) electrons. The standard InChI is InChI=1S/C8H6ClF3O/c9-6-4(7(13)8(11)12)2-1-3-5(6)10/h1-3,7-8,13H. The van der Waals surface area contributed by atoms with Gasteiger partial charge in [0.1, 0.15) is 11.9 Å². The lowest BCUT2D eigenvalue weighted by molar-refractivity contribution is -0.00586. The van der Waals surface area contributed by atoms with Crippen LogP contribution in [-0.2, 0) is 0 Å². The molecule has 1 aromatic rings. The minimum absolute atomic E-state index is 0.295. The zero-order valence-corrected chi connectivity index (χ0v) is 7.10. The number of halogens is 4. The van der Waals surface area contributed by atoms with E-state index in [0.717, 1.165) is 12.1 Å². The van der Waals surface area contributed by atoms with E-state index in [1.807, 2.05) is 0 Å². The lowest BCUT2D eigenvalue weighted by Gasteiger charge is -2.11. The Labute approximate surface area is 77.8 Å². The van der Waals surface area contributed by atoms with Gasteiger partial charge in [-0.2, -0.15) is 0 Å². The highest BCUT2D eigenvalue weighted by Crippen LogP contribution is 2.28. The monoisotopic (exact) mass is 210 g/mol.